The van der Waals surface area contributed by atoms with Gasteiger partial charge in [-0.3, -0.25) is 0 Å². The number of carbonyl (C=O) groups excluding carboxylic acids is 1. The molecule has 0 radical (unpaired) electrons. The van der Waals surface area contributed by atoms with Crippen LogP contribution in [0.5, 0.6) is 0 Å². The van der Waals surface area contributed by atoms with E-state index in [1.54, 1.807) is 12.8 Å². The lowest BCUT2D eigenvalue weighted by atomic mass is 9.68. The molecule has 0 aromatic rings. The van der Waals surface area contributed by atoms with Gasteiger partial charge in [-0.25, -0.2) is 4.79 Å². The van der Waals surface area contributed by atoms with Gasteiger partial charge in [0.15, 0.2) is 0 Å². The zero-order chi connectivity index (χ0) is 17.2. The Labute approximate surface area is 153 Å². The number of carbonyl (C=O) groups is 1. The predicted octanol–water partition coefficient (Wildman–Crippen LogP) is 5.54. The second-order valence-corrected chi connectivity index (χ2v) is 9.04. The molecule has 0 N–H and O–H groups in total. The van der Waals surface area contributed by atoms with Crippen LogP contribution in [0.4, 0.5) is 0 Å². The van der Waals surface area contributed by atoms with Crippen LogP contribution in [-0.4, -0.2) is 12.6 Å². The van der Waals surface area contributed by atoms with Gasteiger partial charge in [-0.15, -0.1) is 0 Å². The lowest BCUT2D eigenvalue weighted by molar-refractivity contribution is -0.137. The summed E-state index contributed by atoms with van der Waals surface area (Å²) in [5.41, 5.74) is 0. The number of allylic oxidation sites excluding steroid dienone is 2. The summed E-state index contributed by atoms with van der Waals surface area (Å²) in [5.74, 6) is 7.02. The molecule has 7 unspecified atom stereocenters. The van der Waals surface area contributed by atoms with Crippen molar-refractivity contribution in [1.82, 2.24) is 0 Å². The summed E-state index contributed by atoms with van der Waals surface area (Å²) in [6, 6.07) is 0. The van der Waals surface area contributed by atoms with Gasteiger partial charge in [-0.1, -0.05) is 57.3 Å². The summed E-state index contributed by atoms with van der Waals surface area (Å²) < 4.78 is 5.01. The summed E-state index contributed by atoms with van der Waals surface area (Å²) in [4.78, 5) is 10.9. The van der Waals surface area contributed by atoms with Gasteiger partial charge < -0.3 is 4.74 Å². The van der Waals surface area contributed by atoms with Crippen molar-refractivity contribution in [3.05, 3.63) is 24.8 Å². The Balaban J connectivity index is 1.07. The molecule has 4 rings (SSSR count). The predicted molar refractivity (Wildman–Crippen MR) is 101 cm³/mol. The third-order valence-electron chi connectivity index (χ3n) is 7.79. The third-order valence-corrected chi connectivity index (χ3v) is 7.79. The van der Waals surface area contributed by atoms with Gasteiger partial charge in [0.05, 0.1) is 6.61 Å². The minimum atomic E-state index is -0.293. The number of unbranched alkanes of at least 4 members (excludes halogenated alkanes) is 5. The van der Waals surface area contributed by atoms with E-state index >= 15 is 0 Å². The highest BCUT2D eigenvalue weighted by atomic mass is 16.5. The van der Waals surface area contributed by atoms with Gasteiger partial charge in [0.2, 0.25) is 0 Å². The Bertz CT molecular complexity index is 522. The van der Waals surface area contributed by atoms with Gasteiger partial charge in [-0.2, -0.15) is 0 Å². The van der Waals surface area contributed by atoms with Crippen molar-refractivity contribution in [2.24, 2.45) is 41.4 Å². The van der Waals surface area contributed by atoms with E-state index in [1.165, 1.54) is 51.0 Å². The molecule has 0 aromatic heterocycles. The highest BCUT2D eigenvalue weighted by molar-refractivity contribution is 5.81. The van der Waals surface area contributed by atoms with E-state index in [4.69, 9.17) is 4.74 Å². The fourth-order valence-corrected chi connectivity index (χ4v) is 6.93. The first-order chi connectivity index (χ1) is 12.3. The molecular weight excluding hydrogens is 308 g/mol. The first-order valence-electron chi connectivity index (χ1n) is 10.8. The SMILES string of the molecule is C=CC(=O)OCCCCCCCCC1CC2CC1C1C3C=CC(C3)C21. The number of esters is 1. The van der Waals surface area contributed by atoms with Gasteiger partial charge in [0.25, 0.3) is 0 Å². The van der Waals surface area contributed by atoms with Crippen LogP contribution in [0.3, 0.4) is 0 Å². The van der Waals surface area contributed by atoms with Crippen molar-refractivity contribution in [2.45, 2.75) is 64.2 Å². The van der Waals surface area contributed by atoms with E-state index in [0.717, 1.165) is 47.8 Å². The smallest absolute Gasteiger partial charge is 0.330 e. The van der Waals surface area contributed by atoms with Gasteiger partial charge in [0, 0.05) is 6.08 Å². The van der Waals surface area contributed by atoms with Crippen LogP contribution in [0.1, 0.15) is 64.2 Å². The molecule has 25 heavy (non-hydrogen) atoms. The quantitative estimate of drug-likeness (QED) is 0.171. The second kappa shape index (κ2) is 7.68. The van der Waals surface area contributed by atoms with Crippen LogP contribution in [0.2, 0.25) is 0 Å². The molecule has 2 nitrogen and oxygen atoms in total. The van der Waals surface area contributed by atoms with Crippen LogP contribution in [-0.2, 0) is 9.53 Å². The van der Waals surface area contributed by atoms with Crippen molar-refractivity contribution in [3.8, 4) is 0 Å². The lowest BCUT2D eigenvalue weighted by Crippen LogP contribution is -2.30. The molecule has 7 atom stereocenters. The zero-order valence-electron chi connectivity index (χ0n) is 15.6. The van der Waals surface area contributed by atoms with Crippen molar-refractivity contribution >= 4 is 5.97 Å². The number of ether oxygens (including phenoxy) is 1. The number of hydrogen-bond acceptors (Lipinski definition) is 2. The maximum absolute atomic E-state index is 10.9. The topological polar surface area (TPSA) is 26.3 Å². The molecule has 0 saturated heterocycles. The third kappa shape index (κ3) is 3.46. The summed E-state index contributed by atoms with van der Waals surface area (Å²) >= 11 is 0. The Hall–Kier alpha value is -1.05. The molecule has 4 bridgehead atoms. The fraction of sp³-hybridized carbons (Fsp3) is 0.783. The highest BCUT2D eigenvalue weighted by Gasteiger charge is 2.60. The van der Waals surface area contributed by atoms with E-state index in [2.05, 4.69) is 18.7 Å². The summed E-state index contributed by atoms with van der Waals surface area (Å²) in [7, 11) is 0. The van der Waals surface area contributed by atoms with Gasteiger partial charge in [-0.05, 0) is 67.1 Å². The Morgan fingerprint density at radius 1 is 0.960 bits per heavy atom. The Morgan fingerprint density at radius 2 is 1.68 bits per heavy atom. The molecule has 138 valence electrons. The van der Waals surface area contributed by atoms with E-state index in [1.807, 2.05) is 0 Å². The second-order valence-electron chi connectivity index (χ2n) is 9.04. The standard InChI is InChI=1S/C23H34O2/c1-2-21(24)25-12-8-6-4-3-5-7-9-16-13-19-15-20(16)23-18-11-10-17(14-18)22(19)23/h2,10-11,16-20,22-23H,1,3-9,12-15H2. The van der Waals surface area contributed by atoms with E-state index in [-0.39, 0.29) is 5.97 Å². The van der Waals surface area contributed by atoms with Crippen molar-refractivity contribution in [1.29, 1.82) is 0 Å². The zero-order valence-corrected chi connectivity index (χ0v) is 15.6. The molecule has 0 amide bonds. The Kier molecular flexibility index (Phi) is 5.33. The van der Waals surface area contributed by atoms with Gasteiger partial charge in [0.1, 0.15) is 0 Å². The van der Waals surface area contributed by atoms with Crippen molar-refractivity contribution in [2.75, 3.05) is 6.61 Å². The maximum Gasteiger partial charge on any atom is 0.330 e. The molecule has 4 aliphatic rings. The van der Waals surface area contributed by atoms with E-state index in [0.29, 0.717) is 6.61 Å². The average molecular weight is 343 g/mol. The van der Waals surface area contributed by atoms with Crippen molar-refractivity contribution < 1.29 is 9.53 Å². The summed E-state index contributed by atoms with van der Waals surface area (Å²) in [6.07, 6.45) is 20.1. The summed E-state index contributed by atoms with van der Waals surface area (Å²) in [6.45, 7) is 3.96. The number of rotatable bonds is 10. The molecular formula is C23H34O2. The molecule has 3 saturated carbocycles. The first-order valence-corrected chi connectivity index (χ1v) is 10.8. The molecule has 4 aliphatic carbocycles. The monoisotopic (exact) mass is 342 g/mol. The van der Waals surface area contributed by atoms with Crippen LogP contribution >= 0.6 is 0 Å². The molecule has 3 fully saturated rings. The molecule has 0 aliphatic heterocycles. The minimum absolute atomic E-state index is 0.293. The largest absolute Gasteiger partial charge is 0.463 e. The van der Waals surface area contributed by atoms with E-state index < -0.39 is 0 Å². The maximum atomic E-state index is 10.9. The average Bonchev–Trinajstić information content (AvgIpc) is 3.38. The van der Waals surface area contributed by atoms with Crippen molar-refractivity contribution in [3.63, 3.8) is 0 Å². The van der Waals surface area contributed by atoms with Crippen LogP contribution in [0, 0.1) is 41.4 Å². The summed E-state index contributed by atoms with van der Waals surface area (Å²) in [5, 5.41) is 0. The first kappa shape index (κ1) is 17.4. The highest BCUT2D eigenvalue weighted by Crippen LogP contribution is 2.67. The molecule has 0 spiro atoms. The van der Waals surface area contributed by atoms with E-state index in [9.17, 15) is 4.79 Å². The van der Waals surface area contributed by atoms with Gasteiger partial charge >= 0.3 is 5.97 Å². The molecule has 2 heteroatoms. The minimum Gasteiger partial charge on any atom is -0.463 e. The number of fused-ring (bicyclic) bond motifs is 9. The molecule has 0 heterocycles. The number of hydrogen-bond donors (Lipinski definition) is 0. The van der Waals surface area contributed by atoms with Crippen LogP contribution in [0.15, 0.2) is 24.8 Å². The fourth-order valence-electron chi connectivity index (χ4n) is 6.93. The molecule has 0 aromatic carbocycles. The normalized spacial score (nSPS) is 39.8. The van der Waals surface area contributed by atoms with Crippen LogP contribution in [0.25, 0.3) is 0 Å². The Morgan fingerprint density at radius 3 is 2.48 bits per heavy atom. The lowest BCUT2D eigenvalue weighted by Gasteiger charge is -2.36. The van der Waals surface area contributed by atoms with Crippen LogP contribution < -0.4 is 0 Å².